The standard InChI is InChI=1S/C18H14F3N3O2S/c1-11-23-15(9-27-11)12-2-5-14(6-3-12)24-17(25)13-4-7-16(22-8-13)26-10-18(19,20)21/h2-9H,10H2,1H3,(H,24,25). The van der Waals surface area contributed by atoms with E-state index in [1.54, 1.807) is 23.5 Å². The van der Waals surface area contributed by atoms with Crippen molar-refractivity contribution in [2.45, 2.75) is 13.1 Å². The highest BCUT2D eigenvalue weighted by Crippen LogP contribution is 2.23. The molecule has 1 N–H and O–H groups in total. The third-order valence-corrected chi connectivity index (χ3v) is 4.21. The Morgan fingerprint density at radius 1 is 1.19 bits per heavy atom. The van der Waals surface area contributed by atoms with Gasteiger partial charge >= 0.3 is 6.18 Å². The van der Waals surface area contributed by atoms with Crippen LogP contribution in [0.2, 0.25) is 0 Å². The molecule has 0 aliphatic rings. The summed E-state index contributed by atoms with van der Waals surface area (Å²) in [5.74, 6) is -0.631. The second kappa shape index (κ2) is 7.75. The lowest BCUT2D eigenvalue weighted by Crippen LogP contribution is -2.19. The van der Waals surface area contributed by atoms with Crippen molar-refractivity contribution in [2.75, 3.05) is 11.9 Å². The van der Waals surface area contributed by atoms with Crippen molar-refractivity contribution < 1.29 is 22.7 Å². The average molecular weight is 393 g/mol. The van der Waals surface area contributed by atoms with Crippen LogP contribution in [-0.2, 0) is 0 Å². The molecule has 3 aromatic rings. The van der Waals surface area contributed by atoms with Gasteiger partial charge in [0.15, 0.2) is 6.61 Å². The number of nitrogens with zero attached hydrogens (tertiary/aromatic N) is 2. The number of hydrogen-bond acceptors (Lipinski definition) is 5. The lowest BCUT2D eigenvalue weighted by Gasteiger charge is -2.09. The number of ether oxygens (including phenoxy) is 1. The molecule has 9 heteroatoms. The predicted octanol–water partition coefficient (Wildman–Crippen LogP) is 4.71. The molecule has 2 aromatic heterocycles. The number of carbonyl (C=O) groups is 1. The quantitative estimate of drug-likeness (QED) is 0.682. The number of benzene rings is 1. The van der Waals surface area contributed by atoms with E-state index >= 15 is 0 Å². The molecule has 27 heavy (non-hydrogen) atoms. The maximum atomic E-state index is 12.2. The molecule has 0 spiro atoms. The molecule has 0 saturated heterocycles. The smallest absolute Gasteiger partial charge is 0.422 e. The molecule has 140 valence electrons. The molecular formula is C18H14F3N3O2S. The number of amides is 1. The topological polar surface area (TPSA) is 64.1 Å². The molecular weight excluding hydrogens is 379 g/mol. The Balaban J connectivity index is 1.61. The first-order valence-electron chi connectivity index (χ1n) is 7.80. The van der Waals surface area contributed by atoms with Gasteiger partial charge in [-0.1, -0.05) is 12.1 Å². The van der Waals surface area contributed by atoms with Gasteiger partial charge in [0.05, 0.1) is 16.3 Å². The average Bonchev–Trinajstić information content (AvgIpc) is 3.07. The van der Waals surface area contributed by atoms with E-state index in [0.717, 1.165) is 22.5 Å². The largest absolute Gasteiger partial charge is 0.468 e. The summed E-state index contributed by atoms with van der Waals surface area (Å²) in [6, 6.07) is 9.74. The minimum absolute atomic E-state index is 0.202. The molecule has 0 saturated carbocycles. The van der Waals surface area contributed by atoms with Crippen molar-refractivity contribution in [3.63, 3.8) is 0 Å². The number of aryl methyl sites for hydroxylation is 1. The SMILES string of the molecule is Cc1nc(-c2ccc(NC(=O)c3ccc(OCC(F)(F)F)nc3)cc2)cs1. The van der Waals surface area contributed by atoms with Crippen molar-refractivity contribution in [1.29, 1.82) is 0 Å². The Morgan fingerprint density at radius 2 is 1.93 bits per heavy atom. The van der Waals surface area contributed by atoms with Crippen LogP contribution in [0.25, 0.3) is 11.3 Å². The molecule has 0 radical (unpaired) electrons. The van der Waals surface area contributed by atoms with Crippen LogP contribution in [0.4, 0.5) is 18.9 Å². The second-order valence-electron chi connectivity index (χ2n) is 5.57. The van der Waals surface area contributed by atoms with E-state index in [2.05, 4.69) is 20.0 Å². The van der Waals surface area contributed by atoms with E-state index in [-0.39, 0.29) is 11.4 Å². The molecule has 0 bridgehead atoms. The summed E-state index contributed by atoms with van der Waals surface area (Å²) in [7, 11) is 0. The monoisotopic (exact) mass is 393 g/mol. The first-order chi connectivity index (χ1) is 12.8. The number of pyridine rings is 1. The van der Waals surface area contributed by atoms with E-state index in [1.807, 2.05) is 24.4 Å². The first-order valence-corrected chi connectivity index (χ1v) is 8.68. The zero-order valence-electron chi connectivity index (χ0n) is 14.1. The highest BCUT2D eigenvalue weighted by Gasteiger charge is 2.28. The number of hydrogen-bond donors (Lipinski definition) is 1. The van der Waals surface area contributed by atoms with Crippen molar-refractivity contribution >= 4 is 22.9 Å². The Morgan fingerprint density at radius 3 is 2.48 bits per heavy atom. The molecule has 3 rings (SSSR count). The van der Waals surface area contributed by atoms with Crippen LogP contribution in [0.1, 0.15) is 15.4 Å². The van der Waals surface area contributed by atoms with Crippen molar-refractivity contribution in [2.24, 2.45) is 0 Å². The maximum Gasteiger partial charge on any atom is 0.422 e. The fourth-order valence-corrected chi connectivity index (χ4v) is 2.80. The lowest BCUT2D eigenvalue weighted by atomic mass is 10.1. The zero-order chi connectivity index (χ0) is 19.4. The summed E-state index contributed by atoms with van der Waals surface area (Å²) >= 11 is 1.56. The van der Waals surface area contributed by atoms with Crippen LogP contribution in [0, 0.1) is 6.92 Å². The maximum absolute atomic E-state index is 12.2. The summed E-state index contributed by atoms with van der Waals surface area (Å²) in [4.78, 5) is 20.3. The van der Waals surface area contributed by atoms with Crippen LogP contribution >= 0.6 is 11.3 Å². The summed E-state index contributed by atoms with van der Waals surface area (Å²) in [5, 5.41) is 5.63. The van der Waals surface area contributed by atoms with Crippen molar-refractivity contribution in [3.8, 4) is 17.1 Å². The minimum Gasteiger partial charge on any atom is -0.468 e. The number of anilines is 1. The van der Waals surface area contributed by atoms with Crippen LogP contribution in [0.5, 0.6) is 5.88 Å². The predicted molar refractivity (Wildman–Crippen MR) is 96.0 cm³/mol. The number of alkyl halides is 3. The molecule has 5 nitrogen and oxygen atoms in total. The summed E-state index contributed by atoms with van der Waals surface area (Å²) in [5.41, 5.74) is 2.58. The van der Waals surface area contributed by atoms with E-state index < -0.39 is 18.7 Å². The Kier molecular flexibility index (Phi) is 5.41. The summed E-state index contributed by atoms with van der Waals surface area (Å²) in [6.07, 6.45) is -3.28. The van der Waals surface area contributed by atoms with Crippen LogP contribution in [0.3, 0.4) is 0 Å². The number of rotatable bonds is 5. The van der Waals surface area contributed by atoms with Gasteiger partial charge in [-0.3, -0.25) is 4.79 Å². The van der Waals surface area contributed by atoms with Crippen molar-refractivity contribution in [3.05, 3.63) is 58.5 Å². The highest BCUT2D eigenvalue weighted by molar-refractivity contribution is 7.09. The van der Waals surface area contributed by atoms with Gasteiger partial charge in [0, 0.05) is 28.9 Å². The van der Waals surface area contributed by atoms with Gasteiger partial charge in [-0.15, -0.1) is 11.3 Å². The van der Waals surface area contributed by atoms with Gasteiger partial charge in [-0.2, -0.15) is 13.2 Å². The van der Waals surface area contributed by atoms with Crippen LogP contribution < -0.4 is 10.1 Å². The minimum atomic E-state index is -4.44. The van der Waals surface area contributed by atoms with E-state index in [4.69, 9.17) is 0 Å². The zero-order valence-corrected chi connectivity index (χ0v) is 14.9. The highest BCUT2D eigenvalue weighted by atomic mass is 32.1. The van der Waals surface area contributed by atoms with Gasteiger partial charge < -0.3 is 10.1 Å². The fraction of sp³-hybridized carbons (Fsp3) is 0.167. The number of thiazole rings is 1. The number of carbonyl (C=O) groups excluding carboxylic acids is 1. The van der Waals surface area contributed by atoms with Gasteiger partial charge in [0.2, 0.25) is 5.88 Å². The normalized spacial score (nSPS) is 11.3. The van der Waals surface area contributed by atoms with E-state index in [9.17, 15) is 18.0 Å². The van der Waals surface area contributed by atoms with E-state index in [1.165, 1.54) is 12.1 Å². The Labute approximate surface area is 156 Å². The molecule has 0 aliphatic carbocycles. The molecule has 0 fully saturated rings. The van der Waals surface area contributed by atoms with Crippen molar-refractivity contribution in [1.82, 2.24) is 9.97 Å². The number of halogens is 3. The number of aromatic nitrogens is 2. The molecule has 0 atom stereocenters. The third-order valence-electron chi connectivity index (χ3n) is 3.44. The van der Waals surface area contributed by atoms with Crippen LogP contribution in [0.15, 0.2) is 48.0 Å². The first kappa shape index (κ1) is 18.8. The van der Waals surface area contributed by atoms with Gasteiger partial charge in [-0.05, 0) is 25.1 Å². The molecule has 2 heterocycles. The fourth-order valence-electron chi connectivity index (χ4n) is 2.18. The molecule has 1 amide bonds. The Hall–Kier alpha value is -2.94. The van der Waals surface area contributed by atoms with Gasteiger partial charge in [0.25, 0.3) is 5.91 Å². The van der Waals surface area contributed by atoms with Crippen LogP contribution in [-0.4, -0.2) is 28.7 Å². The summed E-state index contributed by atoms with van der Waals surface area (Å²) in [6.45, 7) is 0.493. The number of nitrogens with one attached hydrogen (secondary N) is 1. The lowest BCUT2D eigenvalue weighted by molar-refractivity contribution is -0.154. The Bertz CT molecular complexity index is 922. The van der Waals surface area contributed by atoms with Gasteiger partial charge in [-0.25, -0.2) is 9.97 Å². The van der Waals surface area contributed by atoms with E-state index in [0.29, 0.717) is 5.69 Å². The molecule has 0 unspecified atom stereocenters. The third kappa shape index (κ3) is 5.27. The summed E-state index contributed by atoms with van der Waals surface area (Å²) < 4.78 is 40.8. The van der Waals surface area contributed by atoms with Gasteiger partial charge in [0.1, 0.15) is 0 Å². The second-order valence-corrected chi connectivity index (χ2v) is 6.63. The molecule has 0 aliphatic heterocycles. The molecule has 1 aromatic carbocycles.